The Kier molecular flexibility index (Phi) is 7.12. The first-order chi connectivity index (χ1) is 14.8. The highest BCUT2D eigenvalue weighted by Crippen LogP contribution is 2.18. The highest BCUT2D eigenvalue weighted by atomic mass is 19.1. The molecule has 3 rings (SSSR count). The van der Waals surface area contributed by atoms with Crippen molar-refractivity contribution in [3.63, 3.8) is 0 Å². The zero-order valence-electron chi connectivity index (χ0n) is 17.5. The van der Waals surface area contributed by atoms with Crippen LogP contribution in [0.3, 0.4) is 0 Å². The van der Waals surface area contributed by atoms with Crippen molar-refractivity contribution in [2.75, 3.05) is 11.9 Å². The molecule has 0 radical (unpaired) electrons. The van der Waals surface area contributed by atoms with E-state index in [-0.39, 0.29) is 42.7 Å². The molecule has 0 spiro atoms. The Balaban J connectivity index is 1.73. The standard InChI is InChI=1S/C23H25FN4O3/c1-15(2)13-25-22(30)18-5-3-4-6-19(18)26-23(31)20-11-12-21(29)28(27-20)14-16-7-9-17(24)10-8-16/h3-10,15H,11-14H2,1-2H3,(H,25,30)(H,26,31). The Bertz CT molecular complexity index is 1000. The normalized spacial score (nSPS) is 13.7. The Hall–Kier alpha value is -3.55. The maximum atomic E-state index is 13.1. The van der Waals surface area contributed by atoms with Crippen LogP contribution in [0.4, 0.5) is 10.1 Å². The van der Waals surface area contributed by atoms with Gasteiger partial charge in [-0.05, 0) is 35.7 Å². The van der Waals surface area contributed by atoms with E-state index >= 15 is 0 Å². The fourth-order valence-electron chi connectivity index (χ4n) is 3.03. The predicted molar refractivity (Wildman–Crippen MR) is 116 cm³/mol. The topological polar surface area (TPSA) is 90.9 Å². The number of hydrogen-bond donors (Lipinski definition) is 2. The average molecular weight is 424 g/mol. The molecule has 0 bridgehead atoms. The molecule has 1 aliphatic rings. The summed E-state index contributed by atoms with van der Waals surface area (Å²) in [6, 6.07) is 12.5. The van der Waals surface area contributed by atoms with E-state index in [1.807, 2.05) is 13.8 Å². The molecule has 1 heterocycles. The minimum atomic E-state index is -0.472. The third kappa shape index (κ3) is 5.97. The number of halogens is 1. The van der Waals surface area contributed by atoms with Gasteiger partial charge in [-0.1, -0.05) is 38.1 Å². The van der Waals surface area contributed by atoms with Crippen molar-refractivity contribution in [2.24, 2.45) is 11.0 Å². The summed E-state index contributed by atoms with van der Waals surface area (Å²) in [6.45, 7) is 4.65. The van der Waals surface area contributed by atoms with Crippen LogP contribution in [0.5, 0.6) is 0 Å². The molecule has 2 aromatic carbocycles. The number of carbonyl (C=O) groups is 3. The fraction of sp³-hybridized carbons (Fsp3) is 0.304. The van der Waals surface area contributed by atoms with Gasteiger partial charge in [0.05, 0.1) is 17.8 Å². The van der Waals surface area contributed by atoms with Crippen molar-refractivity contribution >= 4 is 29.1 Å². The third-order valence-electron chi connectivity index (χ3n) is 4.70. The lowest BCUT2D eigenvalue weighted by Crippen LogP contribution is -2.36. The predicted octanol–water partition coefficient (Wildman–Crippen LogP) is 3.33. The van der Waals surface area contributed by atoms with E-state index < -0.39 is 5.91 Å². The number of rotatable bonds is 7. The van der Waals surface area contributed by atoms with E-state index in [1.165, 1.54) is 17.1 Å². The molecule has 162 valence electrons. The lowest BCUT2D eigenvalue weighted by Gasteiger charge is -2.23. The van der Waals surface area contributed by atoms with Gasteiger partial charge in [-0.25, -0.2) is 9.40 Å². The summed E-state index contributed by atoms with van der Waals surface area (Å²) in [5, 5.41) is 11.0. The van der Waals surface area contributed by atoms with Crippen molar-refractivity contribution in [2.45, 2.75) is 33.2 Å². The third-order valence-corrected chi connectivity index (χ3v) is 4.70. The second kappa shape index (κ2) is 9.97. The molecule has 1 aliphatic heterocycles. The maximum Gasteiger partial charge on any atom is 0.271 e. The van der Waals surface area contributed by atoms with Gasteiger partial charge in [0.1, 0.15) is 11.5 Å². The van der Waals surface area contributed by atoms with Gasteiger partial charge < -0.3 is 10.6 Å². The van der Waals surface area contributed by atoms with Gasteiger partial charge in [-0.3, -0.25) is 14.4 Å². The van der Waals surface area contributed by atoms with Crippen LogP contribution < -0.4 is 10.6 Å². The van der Waals surface area contributed by atoms with Crippen LogP contribution in [0.25, 0.3) is 0 Å². The summed E-state index contributed by atoms with van der Waals surface area (Å²) in [5.74, 6) is -1.03. The molecule has 0 fully saturated rings. The van der Waals surface area contributed by atoms with Gasteiger partial charge in [0, 0.05) is 19.4 Å². The largest absolute Gasteiger partial charge is 0.352 e. The Morgan fingerprint density at radius 2 is 1.77 bits per heavy atom. The van der Waals surface area contributed by atoms with E-state index in [0.717, 1.165) is 0 Å². The molecule has 2 N–H and O–H groups in total. The molecule has 0 saturated carbocycles. The molecule has 0 saturated heterocycles. The summed E-state index contributed by atoms with van der Waals surface area (Å²) in [4.78, 5) is 37.5. The summed E-state index contributed by atoms with van der Waals surface area (Å²) >= 11 is 0. The zero-order valence-corrected chi connectivity index (χ0v) is 17.5. The first kappa shape index (κ1) is 22.1. The number of carbonyl (C=O) groups excluding carboxylic acids is 3. The quantitative estimate of drug-likeness (QED) is 0.714. The molecule has 2 aromatic rings. The van der Waals surface area contributed by atoms with Gasteiger partial charge in [0.15, 0.2) is 0 Å². The van der Waals surface area contributed by atoms with E-state index in [9.17, 15) is 18.8 Å². The summed E-state index contributed by atoms with van der Waals surface area (Å²) < 4.78 is 13.1. The van der Waals surface area contributed by atoms with Crippen LogP contribution in [0, 0.1) is 11.7 Å². The number of anilines is 1. The van der Waals surface area contributed by atoms with Crippen LogP contribution >= 0.6 is 0 Å². The molecule has 31 heavy (non-hydrogen) atoms. The minimum absolute atomic E-state index is 0.143. The van der Waals surface area contributed by atoms with Gasteiger partial charge in [-0.15, -0.1) is 0 Å². The monoisotopic (exact) mass is 424 g/mol. The number of benzene rings is 2. The van der Waals surface area contributed by atoms with Crippen LogP contribution in [0.15, 0.2) is 53.6 Å². The van der Waals surface area contributed by atoms with Crippen molar-refractivity contribution in [1.82, 2.24) is 10.3 Å². The molecule has 7 nitrogen and oxygen atoms in total. The molecule has 8 heteroatoms. The fourth-order valence-corrected chi connectivity index (χ4v) is 3.03. The van der Waals surface area contributed by atoms with Gasteiger partial charge in [-0.2, -0.15) is 5.10 Å². The smallest absolute Gasteiger partial charge is 0.271 e. The van der Waals surface area contributed by atoms with Crippen molar-refractivity contribution < 1.29 is 18.8 Å². The van der Waals surface area contributed by atoms with Crippen LogP contribution in [-0.4, -0.2) is 35.0 Å². The average Bonchev–Trinajstić information content (AvgIpc) is 2.75. The second-order valence-corrected chi connectivity index (χ2v) is 7.73. The number of hydrazone groups is 1. The highest BCUT2D eigenvalue weighted by Gasteiger charge is 2.25. The number of nitrogens with one attached hydrogen (secondary N) is 2. The highest BCUT2D eigenvalue weighted by molar-refractivity contribution is 6.43. The number of nitrogens with zero attached hydrogens (tertiary/aromatic N) is 2. The summed E-state index contributed by atoms with van der Waals surface area (Å²) in [7, 11) is 0. The lowest BCUT2D eigenvalue weighted by molar-refractivity contribution is -0.132. The Morgan fingerprint density at radius 3 is 2.48 bits per heavy atom. The number of hydrogen-bond acceptors (Lipinski definition) is 4. The summed E-state index contributed by atoms with van der Waals surface area (Å²) in [5.41, 5.74) is 1.62. The maximum absolute atomic E-state index is 13.1. The van der Waals surface area contributed by atoms with Gasteiger partial charge in [0.2, 0.25) is 5.91 Å². The molecule has 0 atom stereocenters. The first-order valence-corrected chi connectivity index (χ1v) is 10.1. The van der Waals surface area contributed by atoms with E-state index in [2.05, 4.69) is 15.7 Å². The molecule has 0 aromatic heterocycles. The molecular formula is C23H25FN4O3. The Morgan fingerprint density at radius 1 is 1.06 bits per heavy atom. The number of para-hydroxylation sites is 1. The van der Waals surface area contributed by atoms with E-state index in [4.69, 9.17) is 0 Å². The second-order valence-electron chi connectivity index (χ2n) is 7.73. The SMILES string of the molecule is CC(C)CNC(=O)c1ccccc1NC(=O)C1=NN(Cc2ccc(F)cc2)C(=O)CC1. The molecular weight excluding hydrogens is 399 g/mol. The molecule has 0 aliphatic carbocycles. The van der Waals surface area contributed by atoms with Gasteiger partial charge in [0.25, 0.3) is 11.8 Å². The lowest BCUT2D eigenvalue weighted by atomic mass is 10.1. The van der Waals surface area contributed by atoms with Crippen LogP contribution in [0.2, 0.25) is 0 Å². The number of amides is 3. The minimum Gasteiger partial charge on any atom is -0.352 e. The molecule has 3 amide bonds. The van der Waals surface area contributed by atoms with Crippen LogP contribution in [-0.2, 0) is 16.1 Å². The van der Waals surface area contributed by atoms with Crippen molar-refractivity contribution in [3.05, 3.63) is 65.5 Å². The van der Waals surface area contributed by atoms with Crippen molar-refractivity contribution in [1.29, 1.82) is 0 Å². The molecule has 0 unspecified atom stereocenters. The van der Waals surface area contributed by atoms with E-state index in [0.29, 0.717) is 29.3 Å². The summed E-state index contributed by atoms with van der Waals surface area (Å²) in [6.07, 6.45) is 0.344. The Labute approximate surface area is 180 Å². The first-order valence-electron chi connectivity index (χ1n) is 10.1. The van der Waals surface area contributed by atoms with Crippen molar-refractivity contribution in [3.8, 4) is 0 Å². The zero-order chi connectivity index (χ0) is 22.4. The van der Waals surface area contributed by atoms with E-state index in [1.54, 1.807) is 36.4 Å². The van der Waals surface area contributed by atoms with Crippen LogP contribution in [0.1, 0.15) is 42.6 Å². The van der Waals surface area contributed by atoms with Gasteiger partial charge >= 0.3 is 0 Å².